The van der Waals surface area contributed by atoms with Gasteiger partial charge in [-0.05, 0) is 31.5 Å². The van der Waals surface area contributed by atoms with Crippen molar-refractivity contribution in [1.82, 2.24) is 5.32 Å². The second-order valence-corrected chi connectivity index (χ2v) is 5.68. The fourth-order valence-electron chi connectivity index (χ4n) is 2.16. The topological polar surface area (TPSA) is 44.7 Å². The molecule has 1 heterocycles. The number of rotatable bonds is 5. The lowest BCUT2D eigenvalue weighted by atomic mass is 10.1. The summed E-state index contributed by atoms with van der Waals surface area (Å²) in [6.45, 7) is 8.56. The Balaban J connectivity index is 1.84. The molecule has 0 atom stereocenters. The summed E-state index contributed by atoms with van der Waals surface area (Å²) in [6, 6.07) is 8.60. The zero-order chi connectivity index (χ0) is 13.7. The average Bonchev–Trinajstić information content (AvgIpc) is 2.39. The number of ether oxygens (including phenoxy) is 1. The Hall–Kier alpha value is -1.10. The van der Waals surface area contributed by atoms with Gasteiger partial charge in [-0.1, -0.05) is 12.1 Å². The highest BCUT2D eigenvalue weighted by Gasteiger charge is 2.12. The first-order valence-corrected chi connectivity index (χ1v) is 6.89. The van der Waals surface area contributed by atoms with E-state index in [1.807, 2.05) is 13.8 Å². The minimum atomic E-state index is -0.659. The summed E-state index contributed by atoms with van der Waals surface area (Å²) in [5, 5.41) is 12.9. The summed E-state index contributed by atoms with van der Waals surface area (Å²) in [7, 11) is 0. The first-order chi connectivity index (χ1) is 9.04. The van der Waals surface area contributed by atoms with E-state index in [0.29, 0.717) is 6.54 Å². The average molecular weight is 264 g/mol. The van der Waals surface area contributed by atoms with E-state index in [-0.39, 0.29) is 0 Å². The molecule has 1 aromatic carbocycles. The first-order valence-electron chi connectivity index (χ1n) is 6.89. The van der Waals surface area contributed by atoms with E-state index in [4.69, 9.17) is 4.74 Å². The van der Waals surface area contributed by atoms with Gasteiger partial charge in [-0.3, -0.25) is 0 Å². The summed E-state index contributed by atoms with van der Waals surface area (Å²) in [5.41, 5.74) is 1.84. The molecular formula is C15H24N2O2. The van der Waals surface area contributed by atoms with Crippen molar-refractivity contribution in [2.75, 3.05) is 37.7 Å². The fraction of sp³-hybridized carbons (Fsp3) is 0.600. The standard InChI is InChI=1S/C15H24N2O2/c1-15(2,18)12-16-11-13-3-5-14(6-4-13)17-7-9-19-10-8-17/h3-6,16,18H,7-12H2,1-2H3. The molecule has 0 unspecified atom stereocenters. The molecule has 4 heteroatoms. The number of hydrogen-bond acceptors (Lipinski definition) is 4. The van der Waals surface area contributed by atoms with Crippen molar-refractivity contribution in [3.8, 4) is 0 Å². The second-order valence-electron chi connectivity index (χ2n) is 5.68. The Labute approximate surface area is 115 Å². The molecule has 19 heavy (non-hydrogen) atoms. The van der Waals surface area contributed by atoms with Crippen molar-refractivity contribution in [1.29, 1.82) is 0 Å². The van der Waals surface area contributed by atoms with Crippen LogP contribution in [0.2, 0.25) is 0 Å². The Morgan fingerprint density at radius 2 is 1.84 bits per heavy atom. The van der Waals surface area contributed by atoms with Gasteiger partial charge >= 0.3 is 0 Å². The summed E-state index contributed by atoms with van der Waals surface area (Å²) in [6.07, 6.45) is 0. The molecule has 0 radical (unpaired) electrons. The van der Waals surface area contributed by atoms with Gasteiger partial charge in [0.15, 0.2) is 0 Å². The summed E-state index contributed by atoms with van der Waals surface area (Å²) >= 11 is 0. The maximum atomic E-state index is 9.63. The molecule has 4 nitrogen and oxygen atoms in total. The van der Waals surface area contributed by atoms with Crippen molar-refractivity contribution in [3.05, 3.63) is 29.8 Å². The predicted octanol–water partition coefficient (Wildman–Crippen LogP) is 1.38. The molecule has 2 rings (SSSR count). The SMILES string of the molecule is CC(C)(O)CNCc1ccc(N2CCOCC2)cc1. The molecule has 1 aliphatic heterocycles. The number of hydrogen-bond donors (Lipinski definition) is 2. The van der Waals surface area contributed by atoms with Gasteiger partial charge in [0.1, 0.15) is 0 Å². The van der Waals surface area contributed by atoms with Crippen LogP contribution < -0.4 is 10.2 Å². The molecule has 0 saturated carbocycles. The van der Waals surface area contributed by atoms with Gasteiger partial charge in [0, 0.05) is 31.9 Å². The van der Waals surface area contributed by atoms with Crippen molar-refractivity contribution in [2.24, 2.45) is 0 Å². The van der Waals surface area contributed by atoms with Crippen LogP contribution in [0, 0.1) is 0 Å². The van der Waals surface area contributed by atoms with E-state index in [1.54, 1.807) is 0 Å². The number of nitrogens with zero attached hydrogens (tertiary/aromatic N) is 1. The highest BCUT2D eigenvalue weighted by Crippen LogP contribution is 2.16. The van der Waals surface area contributed by atoms with E-state index >= 15 is 0 Å². The third-order valence-electron chi connectivity index (χ3n) is 3.20. The quantitative estimate of drug-likeness (QED) is 0.843. The van der Waals surface area contributed by atoms with Crippen molar-refractivity contribution in [3.63, 3.8) is 0 Å². The van der Waals surface area contributed by atoms with Crippen LogP contribution in [0.1, 0.15) is 19.4 Å². The second kappa shape index (κ2) is 6.37. The van der Waals surface area contributed by atoms with E-state index in [1.165, 1.54) is 11.3 Å². The molecule has 1 aromatic rings. The molecule has 0 aromatic heterocycles. The highest BCUT2D eigenvalue weighted by molar-refractivity contribution is 5.47. The highest BCUT2D eigenvalue weighted by atomic mass is 16.5. The normalized spacial score (nSPS) is 16.7. The Bertz CT molecular complexity index is 378. The van der Waals surface area contributed by atoms with Crippen molar-refractivity contribution in [2.45, 2.75) is 26.0 Å². The molecule has 0 bridgehead atoms. The van der Waals surface area contributed by atoms with Crippen LogP contribution in [0.4, 0.5) is 5.69 Å². The number of anilines is 1. The van der Waals surface area contributed by atoms with Crippen LogP contribution in [0.15, 0.2) is 24.3 Å². The lowest BCUT2D eigenvalue weighted by Crippen LogP contribution is -2.36. The van der Waals surface area contributed by atoms with Gasteiger partial charge in [0.25, 0.3) is 0 Å². The van der Waals surface area contributed by atoms with Crippen LogP contribution in [0.25, 0.3) is 0 Å². The lowest BCUT2D eigenvalue weighted by molar-refractivity contribution is 0.0795. The van der Waals surface area contributed by atoms with Crippen molar-refractivity contribution >= 4 is 5.69 Å². The van der Waals surface area contributed by atoms with Gasteiger partial charge in [-0.15, -0.1) is 0 Å². The molecule has 1 saturated heterocycles. The number of aliphatic hydroxyl groups is 1. The fourth-order valence-corrected chi connectivity index (χ4v) is 2.16. The van der Waals surface area contributed by atoms with E-state index in [9.17, 15) is 5.11 Å². The first kappa shape index (κ1) is 14.3. The Morgan fingerprint density at radius 1 is 1.21 bits per heavy atom. The Kier molecular flexibility index (Phi) is 4.80. The monoisotopic (exact) mass is 264 g/mol. The predicted molar refractivity (Wildman–Crippen MR) is 77.5 cm³/mol. The zero-order valence-electron chi connectivity index (χ0n) is 11.9. The zero-order valence-corrected chi connectivity index (χ0v) is 11.9. The molecule has 2 N–H and O–H groups in total. The number of nitrogens with one attached hydrogen (secondary N) is 1. The summed E-state index contributed by atoms with van der Waals surface area (Å²) < 4.78 is 5.35. The third-order valence-corrected chi connectivity index (χ3v) is 3.20. The Morgan fingerprint density at radius 3 is 2.42 bits per heavy atom. The molecule has 1 fully saturated rings. The van der Waals surface area contributed by atoms with Crippen molar-refractivity contribution < 1.29 is 9.84 Å². The van der Waals surface area contributed by atoms with Crippen LogP contribution in [0.3, 0.4) is 0 Å². The smallest absolute Gasteiger partial charge is 0.0715 e. The third kappa shape index (κ3) is 4.82. The number of benzene rings is 1. The van der Waals surface area contributed by atoms with E-state index in [2.05, 4.69) is 34.5 Å². The molecular weight excluding hydrogens is 240 g/mol. The molecule has 106 valence electrons. The van der Waals surface area contributed by atoms with Crippen LogP contribution in [-0.4, -0.2) is 43.6 Å². The summed E-state index contributed by atoms with van der Waals surface area (Å²) in [4.78, 5) is 2.34. The van der Waals surface area contributed by atoms with Gasteiger partial charge in [0.05, 0.1) is 18.8 Å². The lowest BCUT2D eigenvalue weighted by Gasteiger charge is -2.29. The van der Waals surface area contributed by atoms with Crippen LogP contribution in [0.5, 0.6) is 0 Å². The van der Waals surface area contributed by atoms with Crippen LogP contribution >= 0.6 is 0 Å². The molecule has 1 aliphatic rings. The maximum Gasteiger partial charge on any atom is 0.0715 e. The van der Waals surface area contributed by atoms with Gasteiger partial charge in [-0.2, -0.15) is 0 Å². The number of morpholine rings is 1. The largest absolute Gasteiger partial charge is 0.389 e. The van der Waals surface area contributed by atoms with E-state index < -0.39 is 5.60 Å². The van der Waals surface area contributed by atoms with E-state index in [0.717, 1.165) is 32.8 Å². The molecule has 0 amide bonds. The summed E-state index contributed by atoms with van der Waals surface area (Å²) in [5.74, 6) is 0. The van der Waals surface area contributed by atoms with Crippen LogP contribution in [-0.2, 0) is 11.3 Å². The van der Waals surface area contributed by atoms with Gasteiger partial charge < -0.3 is 20.1 Å². The van der Waals surface area contributed by atoms with Gasteiger partial charge in [0.2, 0.25) is 0 Å². The molecule has 0 spiro atoms. The minimum absolute atomic E-state index is 0.595. The minimum Gasteiger partial charge on any atom is -0.389 e. The maximum absolute atomic E-state index is 9.63. The molecule has 0 aliphatic carbocycles. The van der Waals surface area contributed by atoms with Gasteiger partial charge in [-0.25, -0.2) is 0 Å².